The van der Waals surface area contributed by atoms with Gasteiger partial charge in [-0.1, -0.05) is 0 Å². The second kappa shape index (κ2) is 2.52. The Balaban J connectivity index is 2.61. The molecule has 0 bridgehead atoms. The first-order chi connectivity index (χ1) is 4.27. The van der Waals surface area contributed by atoms with Crippen LogP contribution in [-0.2, 0) is 18.1 Å². The Morgan fingerprint density at radius 1 is 1.78 bits per heavy atom. The van der Waals surface area contributed by atoms with E-state index < -0.39 is 7.82 Å². The van der Waals surface area contributed by atoms with Gasteiger partial charge in [0.25, 0.3) is 0 Å². The fraction of sp³-hybridized carbons (Fsp3) is 0.500. The number of rotatable bonds is 1. The van der Waals surface area contributed by atoms with Crippen molar-refractivity contribution in [2.24, 2.45) is 0 Å². The average Bonchev–Trinajstić information content (AvgIpc) is 1.90. The highest BCUT2D eigenvalue weighted by molar-refractivity contribution is 7.48. The summed E-state index contributed by atoms with van der Waals surface area (Å²) in [5.74, 6) is 0. The highest BCUT2D eigenvalue weighted by Gasteiger charge is 2.25. The second-order valence-corrected chi connectivity index (χ2v) is 3.13. The van der Waals surface area contributed by atoms with Gasteiger partial charge in [0.2, 0.25) is 0 Å². The third-order valence-electron chi connectivity index (χ3n) is 0.839. The number of hydrogen-bond donors (Lipinski definition) is 0. The Morgan fingerprint density at radius 3 is 2.89 bits per heavy atom. The largest absolute Gasteiger partial charge is 0.529 e. The summed E-state index contributed by atoms with van der Waals surface area (Å²) in [4.78, 5) is 0. The molecule has 0 saturated carbocycles. The standard InChI is InChI=1S/C4H7O4P/c1-6-9(5)7-3-2-4-8-9/h2-3H,4H2,1H3. The molecular formula is C4H7O4P. The van der Waals surface area contributed by atoms with E-state index in [1.807, 2.05) is 0 Å². The molecule has 0 spiro atoms. The summed E-state index contributed by atoms with van der Waals surface area (Å²) in [7, 11) is -1.90. The third kappa shape index (κ3) is 1.55. The zero-order valence-electron chi connectivity index (χ0n) is 4.94. The summed E-state index contributed by atoms with van der Waals surface area (Å²) in [5, 5.41) is 0. The Morgan fingerprint density at radius 2 is 2.56 bits per heavy atom. The molecule has 1 rings (SSSR count). The van der Waals surface area contributed by atoms with E-state index in [4.69, 9.17) is 0 Å². The monoisotopic (exact) mass is 150 g/mol. The fourth-order valence-corrected chi connectivity index (χ4v) is 1.17. The quantitative estimate of drug-likeness (QED) is 0.528. The maximum Gasteiger partial charge on any atom is 0.529 e. The van der Waals surface area contributed by atoms with Crippen LogP contribution in [0.15, 0.2) is 12.3 Å². The maximum absolute atomic E-state index is 10.9. The topological polar surface area (TPSA) is 44.8 Å². The Labute approximate surface area is 53.0 Å². The highest BCUT2D eigenvalue weighted by atomic mass is 31.2. The van der Waals surface area contributed by atoms with Crippen LogP contribution < -0.4 is 0 Å². The molecule has 0 fully saturated rings. The lowest BCUT2D eigenvalue weighted by molar-refractivity contribution is 0.165. The first-order valence-corrected chi connectivity index (χ1v) is 3.87. The van der Waals surface area contributed by atoms with Crippen molar-refractivity contribution in [3.05, 3.63) is 12.3 Å². The second-order valence-electron chi connectivity index (χ2n) is 1.40. The first kappa shape index (κ1) is 6.81. The molecule has 52 valence electrons. The van der Waals surface area contributed by atoms with Crippen LogP contribution in [0, 0.1) is 0 Å². The van der Waals surface area contributed by atoms with Gasteiger partial charge in [-0.2, -0.15) is 0 Å². The minimum Gasteiger partial charge on any atom is -0.412 e. The summed E-state index contributed by atoms with van der Waals surface area (Å²) < 4.78 is 24.5. The van der Waals surface area contributed by atoms with Gasteiger partial charge in [0.15, 0.2) is 0 Å². The van der Waals surface area contributed by atoms with Crippen molar-refractivity contribution in [1.29, 1.82) is 0 Å². The summed E-state index contributed by atoms with van der Waals surface area (Å²) in [6.07, 6.45) is 2.92. The molecule has 1 heterocycles. The Kier molecular flexibility index (Phi) is 1.90. The predicted octanol–water partition coefficient (Wildman–Crippen LogP) is 1.30. The predicted molar refractivity (Wildman–Crippen MR) is 30.8 cm³/mol. The van der Waals surface area contributed by atoms with Gasteiger partial charge in [0.05, 0.1) is 12.9 Å². The zero-order valence-corrected chi connectivity index (χ0v) is 5.84. The lowest BCUT2D eigenvalue weighted by atomic mass is 10.7. The molecule has 5 heteroatoms. The van der Waals surface area contributed by atoms with E-state index in [1.165, 1.54) is 13.4 Å². The van der Waals surface area contributed by atoms with Gasteiger partial charge < -0.3 is 4.52 Å². The Bertz CT molecular complexity index is 164. The normalized spacial score (nSPS) is 33.9. The number of phosphoric ester groups is 1. The van der Waals surface area contributed by atoms with Gasteiger partial charge in [0.1, 0.15) is 0 Å². The molecule has 0 amide bonds. The summed E-state index contributed by atoms with van der Waals surface area (Å²) in [6, 6.07) is 0. The molecule has 0 radical (unpaired) electrons. The molecule has 0 aliphatic carbocycles. The van der Waals surface area contributed by atoms with Crippen LogP contribution in [-0.4, -0.2) is 13.7 Å². The van der Waals surface area contributed by atoms with E-state index in [0.29, 0.717) is 0 Å². The van der Waals surface area contributed by atoms with Gasteiger partial charge in [-0.15, -0.1) is 0 Å². The summed E-state index contributed by atoms with van der Waals surface area (Å²) in [6.45, 7) is 0.283. The fourth-order valence-electron chi connectivity index (χ4n) is 0.417. The van der Waals surface area contributed by atoms with E-state index in [1.54, 1.807) is 6.08 Å². The zero-order chi connectivity index (χ0) is 6.74. The molecule has 9 heavy (non-hydrogen) atoms. The Hall–Kier alpha value is -0.310. The molecule has 0 aromatic heterocycles. The van der Waals surface area contributed by atoms with E-state index in [2.05, 4.69) is 13.6 Å². The maximum atomic E-state index is 10.9. The van der Waals surface area contributed by atoms with Crippen molar-refractivity contribution in [2.75, 3.05) is 13.7 Å². The van der Waals surface area contributed by atoms with E-state index >= 15 is 0 Å². The van der Waals surface area contributed by atoms with E-state index in [0.717, 1.165) is 0 Å². The minimum absolute atomic E-state index is 0.283. The molecule has 1 atom stereocenters. The summed E-state index contributed by atoms with van der Waals surface area (Å²) in [5.41, 5.74) is 0. The van der Waals surface area contributed by atoms with Crippen LogP contribution in [0.3, 0.4) is 0 Å². The number of phosphoric acid groups is 1. The first-order valence-electron chi connectivity index (χ1n) is 2.40. The SMILES string of the molecule is COP1(=O)OC=CCO1. The van der Waals surface area contributed by atoms with Gasteiger partial charge in [-0.25, -0.2) is 4.57 Å². The van der Waals surface area contributed by atoms with E-state index in [-0.39, 0.29) is 6.61 Å². The smallest absolute Gasteiger partial charge is 0.412 e. The highest BCUT2D eigenvalue weighted by Crippen LogP contribution is 2.50. The molecule has 1 aliphatic heterocycles. The van der Waals surface area contributed by atoms with Crippen molar-refractivity contribution < 1.29 is 18.1 Å². The van der Waals surface area contributed by atoms with Crippen LogP contribution in [0.5, 0.6) is 0 Å². The molecule has 0 saturated heterocycles. The third-order valence-corrected chi connectivity index (χ3v) is 2.13. The molecule has 0 aromatic carbocycles. The minimum atomic E-state index is -3.18. The van der Waals surface area contributed by atoms with Crippen molar-refractivity contribution in [1.82, 2.24) is 0 Å². The van der Waals surface area contributed by atoms with Crippen LogP contribution >= 0.6 is 7.82 Å². The van der Waals surface area contributed by atoms with Crippen molar-refractivity contribution >= 4 is 7.82 Å². The molecule has 1 aliphatic rings. The van der Waals surface area contributed by atoms with Gasteiger partial charge in [-0.3, -0.25) is 9.05 Å². The lowest BCUT2D eigenvalue weighted by Crippen LogP contribution is -1.98. The van der Waals surface area contributed by atoms with Crippen LogP contribution in [0.2, 0.25) is 0 Å². The molecule has 4 nitrogen and oxygen atoms in total. The lowest BCUT2D eigenvalue weighted by Gasteiger charge is -2.15. The van der Waals surface area contributed by atoms with Crippen LogP contribution in [0.25, 0.3) is 0 Å². The molecule has 0 N–H and O–H groups in total. The molecular weight excluding hydrogens is 143 g/mol. The van der Waals surface area contributed by atoms with Gasteiger partial charge in [0, 0.05) is 7.11 Å². The summed E-state index contributed by atoms with van der Waals surface area (Å²) >= 11 is 0. The van der Waals surface area contributed by atoms with E-state index in [9.17, 15) is 4.57 Å². The van der Waals surface area contributed by atoms with Crippen LogP contribution in [0.4, 0.5) is 0 Å². The molecule has 1 unspecified atom stereocenters. The molecule has 0 aromatic rings. The van der Waals surface area contributed by atoms with Crippen molar-refractivity contribution in [2.45, 2.75) is 0 Å². The van der Waals surface area contributed by atoms with Crippen molar-refractivity contribution in [3.63, 3.8) is 0 Å². The average molecular weight is 150 g/mol. The van der Waals surface area contributed by atoms with Crippen LogP contribution in [0.1, 0.15) is 0 Å². The number of hydrogen-bond acceptors (Lipinski definition) is 4. The van der Waals surface area contributed by atoms with Crippen molar-refractivity contribution in [3.8, 4) is 0 Å². The van der Waals surface area contributed by atoms with Gasteiger partial charge in [-0.05, 0) is 6.08 Å². The van der Waals surface area contributed by atoms with Gasteiger partial charge >= 0.3 is 7.82 Å².